The summed E-state index contributed by atoms with van der Waals surface area (Å²) in [6, 6.07) is 9.54. The quantitative estimate of drug-likeness (QED) is 0.818. The van der Waals surface area contributed by atoms with E-state index in [9.17, 15) is 0 Å². The van der Waals surface area contributed by atoms with Crippen LogP contribution in [0.2, 0.25) is 0 Å². The maximum atomic E-state index is 3.49. The van der Waals surface area contributed by atoms with E-state index in [-0.39, 0.29) is 0 Å². The Morgan fingerprint density at radius 1 is 1.12 bits per heavy atom. The van der Waals surface area contributed by atoms with Gasteiger partial charge in [-0.15, -0.1) is 0 Å². The topological polar surface area (TPSA) is 12.0 Å². The molecule has 0 radical (unpaired) electrons. The maximum Gasteiger partial charge on any atom is 0.0320 e. The molecule has 1 heteroatoms. The van der Waals surface area contributed by atoms with Gasteiger partial charge in [0.05, 0.1) is 0 Å². The second-order valence-electron chi connectivity index (χ2n) is 5.49. The van der Waals surface area contributed by atoms with Gasteiger partial charge in [0.2, 0.25) is 0 Å². The van der Waals surface area contributed by atoms with Gasteiger partial charge in [0.25, 0.3) is 0 Å². The van der Waals surface area contributed by atoms with Gasteiger partial charge in [-0.05, 0) is 31.9 Å². The fourth-order valence-corrected chi connectivity index (χ4v) is 2.98. The Balaban J connectivity index is 1.97. The summed E-state index contributed by atoms with van der Waals surface area (Å²) in [4.78, 5) is 0. The molecule has 1 saturated carbocycles. The molecule has 0 amide bonds. The number of benzene rings is 1. The Kier molecular flexibility index (Phi) is 4.61. The third kappa shape index (κ3) is 3.57. The lowest BCUT2D eigenvalue weighted by Crippen LogP contribution is -2.21. The first-order valence-corrected chi connectivity index (χ1v) is 7.03. The third-order valence-corrected chi connectivity index (χ3v) is 4.12. The van der Waals surface area contributed by atoms with Crippen molar-refractivity contribution in [2.24, 2.45) is 5.92 Å². The molecule has 1 aliphatic rings. The van der Waals surface area contributed by atoms with E-state index < -0.39 is 0 Å². The van der Waals surface area contributed by atoms with E-state index in [1.807, 2.05) is 0 Å². The molecule has 1 fully saturated rings. The molecular weight excluding hydrogens is 206 g/mol. The minimum atomic E-state index is 0.540. The van der Waals surface area contributed by atoms with Gasteiger partial charge in [-0.25, -0.2) is 0 Å². The van der Waals surface area contributed by atoms with Crippen molar-refractivity contribution < 1.29 is 0 Å². The molecule has 0 saturated heterocycles. The molecule has 0 spiro atoms. The highest BCUT2D eigenvalue weighted by Gasteiger charge is 2.18. The number of rotatable bonds is 4. The fraction of sp³-hybridized carbons (Fsp3) is 0.625. The second kappa shape index (κ2) is 6.20. The Labute approximate surface area is 106 Å². The van der Waals surface area contributed by atoms with Crippen molar-refractivity contribution in [3.8, 4) is 0 Å². The lowest BCUT2D eigenvalue weighted by Gasteiger charge is -2.26. The molecule has 1 aliphatic carbocycles. The molecule has 0 aromatic heterocycles. The van der Waals surface area contributed by atoms with E-state index in [0.717, 1.165) is 5.92 Å². The fourth-order valence-electron chi connectivity index (χ4n) is 2.98. The summed E-state index contributed by atoms with van der Waals surface area (Å²) in [5, 5.41) is 3.49. The van der Waals surface area contributed by atoms with Gasteiger partial charge in [-0.3, -0.25) is 0 Å². The molecule has 1 nitrogen and oxygen atoms in total. The summed E-state index contributed by atoms with van der Waals surface area (Å²) in [5.74, 6) is 0.933. The van der Waals surface area contributed by atoms with Crippen molar-refractivity contribution in [1.29, 1.82) is 0 Å². The van der Waals surface area contributed by atoms with Crippen molar-refractivity contribution in [1.82, 2.24) is 5.32 Å². The van der Waals surface area contributed by atoms with E-state index in [4.69, 9.17) is 0 Å². The Morgan fingerprint density at radius 2 is 1.76 bits per heavy atom. The lowest BCUT2D eigenvalue weighted by molar-refractivity contribution is 0.306. The van der Waals surface area contributed by atoms with Gasteiger partial charge >= 0.3 is 0 Å². The molecule has 94 valence electrons. The predicted octanol–water partition coefficient (Wildman–Crippen LogP) is 4.23. The average Bonchev–Trinajstić information content (AvgIpc) is 2.38. The van der Waals surface area contributed by atoms with Crippen LogP contribution in [-0.2, 0) is 0 Å². The van der Waals surface area contributed by atoms with Gasteiger partial charge in [0.1, 0.15) is 0 Å². The van der Waals surface area contributed by atoms with Crippen LogP contribution in [0.1, 0.15) is 55.7 Å². The van der Waals surface area contributed by atoms with E-state index >= 15 is 0 Å². The molecule has 0 aliphatic heterocycles. The molecule has 1 unspecified atom stereocenters. The van der Waals surface area contributed by atoms with Crippen LogP contribution in [0.15, 0.2) is 24.3 Å². The lowest BCUT2D eigenvalue weighted by atomic mass is 9.83. The first-order chi connectivity index (χ1) is 8.29. The van der Waals surface area contributed by atoms with Crippen molar-refractivity contribution in [2.45, 2.75) is 51.5 Å². The third-order valence-electron chi connectivity index (χ3n) is 4.12. The minimum absolute atomic E-state index is 0.540. The molecule has 17 heavy (non-hydrogen) atoms. The van der Waals surface area contributed by atoms with Crippen LogP contribution in [0.25, 0.3) is 0 Å². The zero-order chi connectivity index (χ0) is 12.1. The summed E-state index contributed by atoms with van der Waals surface area (Å²) >= 11 is 0. The Morgan fingerprint density at radius 3 is 2.35 bits per heavy atom. The largest absolute Gasteiger partial charge is 0.313 e. The van der Waals surface area contributed by atoms with Crippen molar-refractivity contribution in [3.63, 3.8) is 0 Å². The smallest absolute Gasteiger partial charge is 0.0320 e. The van der Waals surface area contributed by atoms with Gasteiger partial charge < -0.3 is 5.32 Å². The van der Waals surface area contributed by atoms with Gasteiger partial charge in [-0.2, -0.15) is 0 Å². The molecular formula is C16H25N. The molecule has 1 N–H and O–H groups in total. The van der Waals surface area contributed by atoms with Gasteiger partial charge in [0, 0.05) is 6.04 Å². The molecule has 1 aromatic carbocycles. The standard InChI is InChI=1S/C16H25N/c1-13-8-10-15(11-9-13)16(17-2)12-14-6-4-3-5-7-14/h8-11,14,16-17H,3-7,12H2,1-2H3. The van der Waals surface area contributed by atoms with Crippen LogP contribution in [0.5, 0.6) is 0 Å². The van der Waals surface area contributed by atoms with Crippen molar-refractivity contribution >= 4 is 0 Å². The van der Waals surface area contributed by atoms with Crippen LogP contribution >= 0.6 is 0 Å². The monoisotopic (exact) mass is 231 g/mol. The molecule has 0 heterocycles. The Hall–Kier alpha value is -0.820. The first-order valence-electron chi connectivity index (χ1n) is 7.03. The van der Waals surface area contributed by atoms with E-state index in [1.165, 1.54) is 49.7 Å². The van der Waals surface area contributed by atoms with Gasteiger partial charge in [-0.1, -0.05) is 61.9 Å². The number of hydrogen-bond donors (Lipinski definition) is 1. The highest BCUT2D eigenvalue weighted by Crippen LogP contribution is 2.31. The van der Waals surface area contributed by atoms with Crippen LogP contribution in [0.4, 0.5) is 0 Å². The SMILES string of the molecule is CNC(CC1CCCCC1)c1ccc(C)cc1. The number of aryl methyl sites for hydroxylation is 1. The van der Waals surface area contributed by atoms with Crippen LogP contribution < -0.4 is 5.32 Å². The zero-order valence-electron chi connectivity index (χ0n) is 11.2. The Bertz CT molecular complexity index is 322. The van der Waals surface area contributed by atoms with Crippen molar-refractivity contribution in [2.75, 3.05) is 7.05 Å². The zero-order valence-corrected chi connectivity index (χ0v) is 11.2. The number of hydrogen-bond acceptors (Lipinski definition) is 1. The highest BCUT2D eigenvalue weighted by molar-refractivity contribution is 5.24. The maximum absolute atomic E-state index is 3.49. The van der Waals surface area contributed by atoms with Crippen molar-refractivity contribution in [3.05, 3.63) is 35.4 Å². The van der Waals surface area contributed by atoms with Gasteiger partial charge in [0.15, 0.2) is 0 Å². The van der Waals surface area contributed by atoms with E-state index in [0.29, 0.717) is 6.04 Å². The normalized spacial score (nSPS) is 19.2. The second-order valence-corrected chi connectivity index (χ2v) is 5.49. The van der Waals surface area contributed by atoms with Crippen LogP contribution in [-0.4, -0.2) is 7.05 Å². The molecule has 0 bridgehead atoms. The number of nitrogens with one attached hydrogen (secondary N) is 1. The molecule has 2 rings (SSSR count). The molecule has 1 aromatic rings. The summed E-state index contributed by atoms with van der Waals surface area (Å²) in [6.45, 7) is 2.15. The summed E-state index contributed by atoms with van der Waals surface area (Å²) < 4.78 is 0. The summed E-state index contributed by atoms with van der Waals surface area (Å²) in [7, 11) is 2.09. The van der Waals surface area contributed by atoms with E-state index in [1.54, 1.807) is 0 Å². The molecule has 1 atom stereocenters. The summed E-state index contributed by atoms with van der Waals surface area (Å²) in [6.07, 6.45) is 8.50. The van der Waals surface area contributed by atoms with E-state index in [2.05, 4.69) is 43.6 Å². The highest BCUT2D eigenvalue weighted by atomic mass is 14.9. The predicted molar refractivity (Wildman–Crippen MR) is 74.2 cm³/mol. The van der Waals surface area contributed by atoms with Crippen LogP contribution in [0, 0.1) is 12.8 Å². The minimum Gasteiger partial charge on any atom is -0.313 e. The first kappa shape index (κ1) is 12.6. The van der Waals surface area contributed by atoms with Crippen LogP contribution in [0.3, 0.4) is 0 Å². The average molecular weight is 231 g/mol. The summed E-state index contributed by atoms with van der Waals surface area (Å²) in [5.41, 5.74) is 2.80.